The first kappa shape index (κ1) is 14.0. The summed E-state index contributed by atoms with van der Waals surface area (Å²) < 4.78 is 26.4. The van der Waals surface area contributed by atoms with Crippen LogP contribution in [-0.4, -0.2) is 41.4 Å². The molecule has 0 bridgehead atoms. The molecule has 2 rings (SSSR count). The van der Waals surface area contributed by atoms with Gasteiger partial charge in [0, 0.05) is 6.04 Å². The maximum Gasteiger partial charge on any atom is 0.247 e. The molecular formula is C11H18N4O3S. The number of rotatable bonds is 5. The van der Waals surface area contributed by atoms with Gasteiger partial charge in [-0.2, -0.15) is 9.40 Å². The van der Waals surface area contributed by atoms with Crippen LogP contribution in [-0.2, 0) is 14.8 Å². The first-order valence-electron chi connectivity index (χ1n) is 6.23. The number of H-pyrrole nitrogens is 1. The summed E-state index contributed by atoms with van der Waals surface area (Å²) in [4.78, 5) is 11.3. The van der Waals surface area contributed by atoms with Gasteiger partial charge in [0.25, 0.3) is 0 Å². The lowest BCUT2D eigenvalue weighted by Crippen LogP contribution is -2.44. The molecule has 8 heteroatoms. The normalized spacial score (nSPS) is 17.2. The average molecular weight is 286 g/mol. The Morgan fingerprint density at radius 2 is 2.16 bits per heavy atom. The number of nitrogens with two attached hydrogens (primary N) is 1. The predicted molar refractivity (Wildman–Crippen MR) is 68.7 cm³/mol. The minimum absolute atomic E-state index is 0.112. The summed E-state index contributed by atoms with van der Waals surface area (Å²) in [5.74, 6) is -0.642. The zero-order chi connectivity index (χ0) is 14.0. The number of sulfonamides is 1. The molecule has 1 aliphatic carbocycles. The van der Waals surface area contributed by atoms with Crippen LogP contribution in [0.25, 0.3) is 0 Å². The van der Waals surface area contributed by atoms with Gasteiger partial charge in [-0.25, -0.2) is 8.42 Å². The molecule has 1 aromatic rings. The molecule has 0 radical (unpaired) electrons. The fourth-order valence-corrected chi connectivity index (χ4v) is 4.25. The van der Waals surface area contributed by atoms with Crippen molar-refractivity contribution in [3.63, 3.8) is 0 Å². The number of nitrogens with one attached hydrogen (secondary N) is 1. The van der Waals surface area contributed by atoms with Gasteiger partial charge >= 0.3 is 0 Å². The third-order valence-corrected chi connectivity index (χ3v) is 5.43. The number of nitrogens with zero attached hydrogens (tertiary/aromatic N) is 2. The van der Waals surface area contributed by atoms with Crippen LogP contribution < -0.4 is 5.73 Å². The summed E-state index contributed by atoms with van der Waals surface area (Å²) in [6, 6.07) is -0.146. The van der Waals surface area contributed by atoms with Crippen LogP contribution in [0.2, 0.25) is 0 Å². The van der Waals surface area contributed by atoms with Crippen molar-refractivity contribution in [1.82, 2.24) is 14.5 Å². The molecule has 1 fully saturated rings. The van der Waals surface area contributed by atoms with E-state index in [1.54, 1.807) is 6.92 Å². The Kier molecular flexibility index (Phi) is 3.91. The highest BCUT2D eigenvalue weighted by Gasteiger charge is 2.35. The molecule has 0 spiro atoms. The van der Waals surface area contributed by atoms with E-state index in [0.717, 1.165) is 25.7 Å². The fraction of sp³-hybridized carbons (Fsp3) is 0.636. The maximum absolute atomic E-state index is 12.6. The standard InChI is InChI=1S/C11H18N4O3S/c1-8-10(6-13-14-8)19(17,18)15(7-11(12)16)9-4-2-3-5-9/h6,9H,2-5,7H2,1H3,(H2,12,16)(H,13,14). The van der Waals surface area contributed by atoms with E-state index >= 15 is 0 Å². The number of hydrogen-bond acceptors (Lipinski definition) is 4. The van der Waals surface area contributed by atoms with Gasteiger partial charge in [-0.05, 0) is 19.8 Å². The minimum atomic E-state index is -3.73. The molecule has 1 saturated carbocycles. The molecule has 0 unspecified atom stereocenters. The first-order valence-corrected chi connectivity index (χ1v) is 7.67. The maximum atomic E-state index is 12.6. The number of amides is 1. The summed E-state index contributed by atoms with van der Waals surface area (Å²) in [5, 5.41) is 6.33. The molecular weight excluding hydrogens is 268 g/mol. The summed E-state index contributed by atoms with van der Waals surface area (Å²) in [6.07, 6.45) is 4.75. The van der Waals surface area contributed by atoms with Crippen molar-refractivity contribution in [2.45, 2.75) is 43.5 Å². The molecule has 19 heavy (non-hydrogen) atoms. The van der Waals surface area contributed by atoms with E-state index in [2.05, 4.69) is 10.2 Å². The summed E-state index contributed by atoms with van der Waals surface area (Å²) in [6.45, 7) is 1.36. The number of aromatic amines is 1. The molecule has 3 N–H and O–H groups in total. The summed E-state index contributed by atoms with van der Waals surface area (Å²) >= 11 is 0. The van der Waals surface area contributed by atoms with E-state index in [4.69, 9.17) is 5.73 Å². The molecule has 1 heterocycles. The molecule has 106 valence electrons. The van der Waals surface area contributed by atoms with Gasteiger partial charge in [0.05, 0.1) is 18.4 Å². The van der Waals surface area contributed by atoms with Crippen LogP contribution in [0.4, 0.5) is 0 Å². The van der Waals surface area contributed by atoms with Crippen molar-refractivity contribution < 1.29 is 13.2 Å². The lowest BCUT2D eigenvalue weighted by molar-refractivity contribution is -0.118. The number of primary amides is 1. The quantitative estimate of drug-likeness (QED) is 0.802. The van der Waals surface area contributed by atoms with Crippen LogP contribution in [0.1, 0.15) is 31.4 Å². The van der Waals surface area contributed by atoms with Gasteiger partial charge in [0.15, 0.2) is 0 Å². The van der Waals surface area contributed by atoms with E-state index in [0.29, 0.717) is 5.69 Å². The Hall–Kier alpha value is -1.41. The Morgan fingerprint density at radius 3 is 2.63 bits per heavy atom. The Morgan fingerprint density at radius 1 is 1.53 bits per heavy atom. The van der Waals surface area contributed by atoms with E-state index in [9.17, 15) is 13.2 Å². The SMILES string of the molecule is Cc1[nH]ncc1S(=O)(=O)N(CC(N)=O)C1CCCC1. The Labute approximate surface area is 112 Å². The largest absolute Gasteiger partial charge is 0.369 e. The fourth-order valence-electron chi connectivity index (χ4n) is 2.48. The predicted octanol–water partition coefficient (Wildman–Crippen LogP) is 0.137. The van der Waals surface area contributed by atoms with E-state index in [1.165, 1.54) is 10.5 Å². The first-order chi connectivity index (χ1) is 8.93. The second-order valence-electron chi connectivity index (χ2n) is 4.81. The zero-order valence-corrected chi connectivity index (χ0v) is 11.6. The monoisotopic (exact) mass is 286 g/mol. The zero-order valence-electron chi connectivity index (χ0n) is 10.8. The lowest BCUT2D eigenvalue weighted by atomic mass is 10.2. The molecule has 1 aliphatic rings. The molecule has 1 aromatic heterocycles. The van der Waals surface area contributed by atoms with Crippen molar-refractivity contribution in [1.29, 1.82) is 0 Å². The van der Waals surface area contributed by atoms with Crippen molar-refractivity contribution in [2.24, 2.45) is 5.73 Å². The molecule has 0 aromatic carbocycles. The Balaban J connectivity index is 2.36. The van der Waals surface area contributed by atoms with Crippen LogP contribution in [0, 0.1) is 6.92 Å². The second kappa shape index (κ2) is 5.30. The molecule has 7 nitrogen and oxygen atoms in total. The van der Waals surface area contributed by atoms with Crippen molar-refractivity contribution in [2.75, 3.05) is 6.54 Å². The third-order valence-electron chi connectivity index (χ3n) is 3.41. The topological polar surface area (TPSA) is 109 Å². The highest BCUT2D eigenvalue weighted by molar-refractivity contribution is 7.89. The third kappa shape index (κ3) is 2.79. The van der Waals surface area contributed by atoms with Crippen LogP contribution in [0.15, 0.2) is 11.1 Å². The molecule has 0 saturated heterocycles. The highest BCUT2D eigenvalue weighted by atomic mass is 32.2. The minimum Gasteiger partial charge on any atom is -0.369 e. The summed E-state index contributed by atoms with van der Waals surface area (Å²) in [5.41, 5.74) is 5.65. The van der Waals surface area contributed by atoms with Crippen LogP contribution in [0.5, 0.6) is 0 Å². The van der Waals surface area contributed by atoms with Gasteiger partial charge in [-0.1, -0.05) is 12.8 Å². The number of carbonyl (C=O) groups is 1. The van der Waals surface area contributed by atoms with E-state index in [1.807, 2.05) is 0 Å². The number of aryl methyl sites for hydroxylation is 1. The molecule has 0 aliphatic heterocycles. The lowest BCUT2D eigenvalue weighted by Gasteiger charge is -2.26. The van der Waals surface area contributed by atoms with Gasteiger partial charge in [0.1, 0.15) is 4.90 Å². The smallest absolute Gasteiger partial charge is 0.247 e. The van der Waals surface area contributed by atoms with Crippen LogP contribution in [0.3, 0.4) is 0 Å². The summed E-state index contributed by atoms with van der Waals surface area (Å²) in [7, 11) is -3.73. The van der Waals surface area contributed by atoms with Gasteiger partial charge in [-0.3, -0.25) is 9.89 Å². The second-order valence-corrected chi connectivity index (χ2v) is 6.67. The van der Waals surface area contributed by atoms with Crippen molar-refractivity contribution in [3.05, 3.63) is 11.9 Å². The van der Waals surface area contributed by atoms with Gasteiger partial charge < -0.3 is 5.73 Å². The Bertz CT molecular complexity index is 560. The highest BCUT2D eigenvalue weighted by Crippen LogP contribution is 2.28. The molecule has 1 amide bonds. The van der Waals surface area contributed by atoms with Crippen molar-refractivity contribution in [3.8, 4) is 0 Å². The van der Waals surface area contributed by atoms with Gasteiger partial charge in [-0.15, -0.1) is 0 Å². The van der Waals surface area contributed by atoms with E-state index < -0.39 is 15.9 Å². The van der Waals surface area contributed by atoms with E-state index in [-0.39, 0.29) is 17.5 Å². The number of aromatic nitrogens is 2. The number of carbonyl (C=O) groups excluding carboxylic acids is 1. The number of hydrogen-bond donors (Lipinski definition) is 2. The molecule has 0 atom stereocenters. The van der Waals surface area contributed by atoms with Gasteiger partial charge in [0.2, 0.25) is 15.9 Å². The van der Waals surface area contributed by atoms with Crippen LogP contribution >= 0.6 is 0 Å². The van der Waals surface area contributed by atoms with Crippen molar-refractivity contribution >= 4 is 15.9 Å². The average Bonchev–Trinajstić information content (AvgIpc) is 2.95.